The lowest BCUT2D eigenvalue weighted by molar-refractivity contribution is -0.137. The normalized spacial score (nSPS) is 11.5. The van der Waals surface area contributed by atoms with Gasteiger partial charge in [0.2, 0.25) is 0 Å². The van der Waals surface area contributed by atoms with E-state index in [0.29, 0.717) is 6.54 Å². The van der Waals surface area contributed by atoms with Gasteiger partial charge in [-0.1, -0.05) is 35.9 Å². The predicted octanol–water partition coefficient (Wildman–Crippen LogP) is 3.86. The van der Waals surface area contributed by atoms with Gasteiger partial charge in [0.05, 0.1) is 17.2 Å². The zero-order valence-corrected chi connectivity index (χ0v) is 11.5. The smallest absolute Gasteiger partial charge is 0.392 e. The molecular formula is C14H12ClF3N2O. The summed E-state index contributed by atoms with van der Waals surface area (Å²) in [5.41, 5.74) is 0.791. The fraction of sp³-hybridized carbons (Fsp3) is 0.214. The van der Waals surface area contributed by atoms with Crippen molar-refractivity contribution in [3.63, 3.8) is 0 Å². The number of aliphatic hydroxyl groups excluding tert-OH is 1. The summed E-state index contributed by atoms with van der Waals surface area (Å²) in [5.74, 6) is 0.191. The van der Waals surface area contributed by atoms with Crippen molar-refractivity contribution in [3.05, 3.63) is 58.2 Å². The van der Waals surface area contributed by atoms with Gasteiger partial charge in [-0.25, -0.2) is 4.98 Å². The molecule has 0 saturated heterocycles. The molecule has 0 aliphatic rings. The number of alkyl halides is 3. The number of hydrogen-bond acceptors (Lipinski definition) is 3. The van der Waals surface area contributed by atoms with E-state index in [2.05, 4.69) is 10.3 Å². The molecule has 7 heteroatoms. The summed E-state index contributed by atoms with van der Waals surface area (Å²) >= 11 is 5.79. The van der Waals surface area contributed by atoms with E-state index in [-0.39, 0.29) is 17.4 Å². The van der Waals surface area contributed by atoms with Crippen LogP contribution in [0.3, 0.4) is 0 Å². The topological polar surface area (TPSA) is 45.1 Å². The summed E-state index contributed by atoms with van der Waals surface area (Å²) in [6.45, 7) is 0.323. The Balaban J connectivity index is 2.06. The van der Waals surface area contributed by atoms with E-state index in [1.165, 1.54) is 0 Å². The van der Waals surface area contributed by atoms with Crippen molar-refractivity contribution < 1.29 is 18.3 Å². The Hall–Kier alpha value is -1.79. The van der Waals surface area contributed by atoms with Crippen LogP contribution in [0.4, 0.5) is 19.0 Å². The molecule has 0 aliphatic carbocycles. The molecule has 1 aromatic heterocycles. The number of nitrogens with one attached hydrogen (secondary N) is 1. The lowest BCUT2D eigenvalue weighted by Gasteiger charge is -2.11. The van der Waals surface area contributed by atoms with Crippen LogP contribution in [0, 0.1) is 0 Å². The Morgan fingerprint density at radius 1 is 1.14 bits per heavy atom. The first-order valence-electron chi connectivity index (χ1n) is 6.05. The van der Waals surface area contributed by atoms with Gasteiger partial charge < -0.3 is 10.4 Å². The molecule has 1 aromatic carbocycles. The van der Waals surface area contributed by atoms with Crippen molar-refractivity contribution in [2.45, 2.75) is 19.3 Å². The van der Waals surface area contributed by atoms with Crippen molar-refractivity contribution in [3.8, 4) is 0 Å². The van der Waals surface area contributed by atoms with Gasteiger partial charge in [0.1, 0.15) is 5.82 Å². The standard InChI is InChI=1S/C14H12ClF3N2O/c15-12-5-11(14(16,17)18)7-20-13(12)19-6-9-1-3-10(8-21)4-2-9/h1-5,7,21H,6,8H2,(H,19,20). The lowest BCUT2D eigenvalue weighted by atomic mass is 10.1. The second-order valence-electron chi connectivity index (χ2n) is 4.38. The van der Waals surface area contributed by atoms with Crippen molar-refractivity contribution in [2.75, 3.05) is 5.32 Å². The Morgan fingerprint density at radius 2 is 1.76 bits per heavy atom. The highest BCUT2D eigenvalue weighted by molar-refractivity contribution is 6.32. The number of aromatic nitrogens is 1. The number of pyridine rings is 1. The molecular weight excluding hydrogens is 305 g/mol. The third-order valence-electron chi connectivity index (χ3n) is 2.83. The van der Waals surface area contributed by atoms with Gasteiger partial charge in [0.15, 0.2) is 0 Å². The Labute approximate surface area is 124 Å². The second kappa shape index (κ2) is 6.32. The van der Waals surface area contributed by atoms with Gasteiger partial charge >= 0.3 is 6.18 Å². The Bertz CT molecular complexity index is 615. The number of benzene rings is 1. The molecule has 0 radical (unpaired) electrons. The van der Waals surface area contributed by atoms with Gasteiger partial charge in [0, 0.05) is 12.7 Å². The van der Waals surface area contributed by atoms with Gasteiger partial charge in [-0.2, -0.15) is 13.2 Å². The molecule has 0 aliphatic heterocycles. The van der Waals surface area contributed by atoms with Crippen LogP contribution in [0.15, 0.2) is 36.5 Å². The highest BCUT2D eigenvalue weighted by Gasteiger charge is 2.31. The largest absolute Gasteiger partial charge is 0.417 e. The molecule has 0 spiro atoms. The zero-order chi connectivity index (χ0) is 15.5. The van der Waals surface area contributed by atoms with Crippen molar-refractivity contribution in [2.24, 2.45) is 0 Å². The highest BCUT2D eigenvalue weighted by atomic mass is 35.5. The second-order valence-corrected chi connectivity index (χ2v) is 4.79. The van der Waals surface area contributed by atoms with E-state index < -0.39 is 11.7 Å². The van der Waals surface area contributed by atoms with E-state index in [1.54, 1.807) is 24.3 Å². The van der Waals surface area contributed by atoms with Crippen molar-refractivity contribution in [1.29, 1.82) is 0 Å². The number of nitrogens with zero attached hydrogens (tertiary/aromatic N) is 1. The van der Waals surface area contributed by atoms with Crippen LogP contribution < -0.4 is 5.32 Å². The highest BCUT2D eigenvalue weighted by Crippen LogP contribution is 2.32. The van der Waals surface area contributed by atoms with Crippen LogP contribution in [0.2, 0.25) is 5.02 Å². The van der Waals surface area contributed by atoms with E-state index in [1.807, 2.05) is 0 Å². The molecule has 0 bridgehead atoms. The summed E-state index contributed by atoms with van der Waals surface area (Å²) in [6.07, 6.45) is -3.72. The maximum atomic E-state index is 12.5. The maximum Gasteiger partial charge on any atom is 0.417 e. The average Bonchev–Trinajstić information content (AvgIpc) is 2.45. The monoisotopic (exact) mass is 316 g/mol. The number of anilines is 1. The number of hydrogen-bond donors (Lipinski definition) is 2. The first kappa shape index (κ1) is 15.6. The molecule has 112 valence electrons. The van der Waals surface area contributed by atoms with Crippen LogP contribution >= 0.6 is 11.6 Å². The summed E-state index contributed by atoms with van der Waals surface area (Å²) in [7, 11) is 0. The summed E-state index contributed by atoms with van der Waals surface area (Å²) < 4.78 is 37.4. The molecule has 0 unspecified atom stereocenters. The molecule has 0 amide bonds. The zero-order valence-electron chi connectivity index (χ0n) is 10.8. The van der Waals surface area contributed by atoms with Crippen molar-refractivity contribution >= 4 is 17.4 Å². The number of halogens is 4. The summed E-state index contributed by atoms with van der Waals surface area (Å²) in [4.78, 5) is 3.69. The van der Waals surface area contributed by atoms with Crippen LogP contribution in [0.25, 0.3) is 0 Å². The SMILES string of the molecule is OCc1ccc(CNc2ncc(C(F)(F)F)cc2Cl)cc1. The van der Waals surface area contributed by atoms with Crippen LogP contribution in [0.1, 0.15) is 16.7 Å². The van der Waals surface area contributed by atoms with Gasteiger partial charge in [-0.05, 0) is 17.2 Å². The number of aliphatic hydroxyl groups is 1. The molecule has 0 atom stereocenters. The lowest BCUT2D eigenvalue weighted by Crippen LogP contribution is -2.08. The minimum atomic E-state index is -4.46. The average molecular weight is 317 g/mol. The van der Waals surface area contributed by atoms with Gasteiger partial charge in [-0.3, -0.25) is 0 Å². The first-order valence-corrected chi connectivity index (χ1v) is 6.43. The minimum Gasteiger partial charge on any atom is -0.392 e. The van der Waals surface area contributed by atoms with Crippen LogP contribution in [-0.2, 0) is 19.3 Å². The van der Waals surface area contributed by atoms with Crippen LogP contribution in [0.5, 0.6) is 0 Å². The molecule has 0 saturated carbocycles. The third kappa shape index (κ3) is 4.09. The maximum absolute atomic E-state index is 12.5. The molecule has 21 heavy (non-hydrogen) atoms. The van der Waals surface area contributed by atoms with E-state index in [4.69, 9.17) is 16.7 Å². The van der Waals surface area contributed by atoms with E-state index in [0.717, 1.165) is 23.4 Å². The van der Waals surface area contributed by atoms with Crippen molar-refractivity contribution in [1.82, 2.24) is 4.98 Å². The fourth-order valence-electron chi connectivity index (χ4n) is 1.67. The van der Waals surface area contributed by atoms with Crippen LogP contribution in [-0.4, -0.2) is 10.1 Å². The molecule has 0 fully saturated rings. The molecule has 3 nitrogen and oxygen atoms in total. The Morgan fingerprint density at radius 3 is 2.29 bits per heavy atom. The quantitative estimate of drug-likeness (QED) is 0.900. The first-order chi connectivity index (χ1) is 9.90. The third-order valence-corrected chi connectivity index (χ3v) is 3.12. The molecule has 2 aromatic rings. The van der Waals surface area contributed by atoms with E-state index >= 15 is 0 Å². The predicted molar refractivity (Wildman–Crippen MR) is 73.9 cm³/mol. The number of rotatable bonds is 4. The van der Waals surface area contributed by atoms with Gasteiger partial charge in [-0.15, -0.1) is 0 Å². The molecule has 2 rings (SSSR count). The Kier molecular flexibility index (Phi) is 4.69. The van der Waals surface area contributed by atoms with Gasteiger partial charge in [0.25, 0.3) is 0 Å². The molecule has 2 N–H and O–H groups in total. The molecule has 1 heterocycles. The summed E-state index contributed by atoms with van der Waals surface area (Å²) in [5, 5.41) is 11.7. The fourth-order valence-corrected chi connectivity index (χ4v) is 1.90. The summed E-state index contributed by atoms with van der Waals surface area (Å²) in [6, 6.07) is 7.97. The van der Waals surface area contributed by atoms with E-state index in [9.17, 15) is 13.2 Å². The minimum absolute atomic E-state index is 0.0417.